The van der Waals surface area contributed by atoms with E-state index < -0.39 is 10.7 Å². The molecule has 0 spiro atoms. The summed E-state index contributed by atoms with van der Waals surface area (Å²) in [4.78, 5) is 9.86. The second-order valence-electron chi connectivity index (χ2n) is 3.04. The molecule has 0 saturated carbocycles. The number of aromatic nitrogens is 2. The van der Waals surface area contributed by atoms with Crippen LogP contribution in [0.25, 0.3) is 5.69 Å². The molecule has 0 aliphatic carbocycles. The standard InChI is InChI=1S/C9H7FN4O2/c10-6-3-1-2-4-7(6)13-9(11)8(5-12-13)14(15)16/h1-5H,11H2. The largest absolute Gasteiger partial charge is 0.378 e. The number of nitrogens with two attached hydrogens (primary N) is 1. The van der Waals surface area contributed by atoms with Crippen molar-refractivity contribution in [3.63, 3.8) is 0 Å². The molecule has 1 aromatic carbocycles. The molecule has 0 unspecified atom stereocenters. The molecule has 16 heavy (non-hydrogen) atoms. The van der Waals surface area contributed by atoms with Crippen LogP contribution in [0.4, 0.5) is 15.9 Å². The monoisotopic (exact) mass is 222 g/mol. The van der Waals surface area contributed by atoms with Crippen LogP contribution in [-0.4, -0.2) is 14.7 Å². The number of anilines is 1. The van der Waals surface area contributed by atoms with Crippen LogP contribution < -0.4 is 5.73 Å². The topological polar surface area (TPSA) is 87.0 Å². The fraction of sp³-hybridized carbons (Fsp3) is 0. The number of rotatable bonds is 2. The van der Waals surface area contributed by atoms with Crippen molar-refractivity contribution < 1.29 is 9.31 Å². The predicted octanol–water partition coefficient (Wildman–Crippen LogP) is 1.50. The average Bonchev–Trinajstić information content (AvgIpc) is 2.61. The van der Waals surface area contributed by atoms with Gasteiger partial charge in [-0.25, -0.2) is 9.07 Å². The quantitative estimate of drug-likeness (QED) is 0.616. The van der Waals surface area contributed by atoms with Gasteiger partial charge in [0.2, 0.25) is 5.82 Å². The number of para-hydroxylation sites is 1. The third-order valence-corrected chi connectivity index (χ3v) is 2.06. The summed E-state index contributed by atoms with van der Waals surface area (Å²) >= 11 is 0. The fourth-order valence-electron chi connectivity index (χ4n) is 1.31. The first-order valence-electron chi connectivity index (χ1n) is 4.34. The van der Waals surface area contributed by atoms with Crippen molar-refractivity contribution in [2.75, 3.05) is 5.73 Å². The Hall–Kier alpha value is -2.44. The Morgan fingerprint density at radius 3 is 2.69 bits per heavy atom. The van der Waals surface area contributed by atoms with Gasteiger partial charge < -0.3 is 5.73 Å². The van der Waals surface area contributed by atoms with Crippen molar-refractivity contribution in [3.8, 4) is 5.69 Å². The predicted molar refractivity (Wildman–Crippen MR) is 54.6 cm³/mol. The lowest BCUT2D eigenvalue weighted by Gasteiger charge is -2.03. The Morgan fingerprint density at radius 2 is 2.12 bits per heavy atom. The Kier molecular flexibility index (Phi) is 2.28. The zero-order valence-corrected chi connectivity index (χ0v) is 8.00. The molecular formula is C9H7FN4O2. The molecule has 1 aromatic heterocycles. The maximum absolute atomic E-state index is 13.4. The third kappa shape index (κ3) is 1.48. The van der Waals surface area contributed by atoms with Crippen LogP contribution in [0.5, 0.6) is 0 Å². The minimum atomic E-state index is -0.667. The van der Waals surface area contributed by atoms with Gasteiger partial charge in [-0.1, -0.05) is 12.1 Å². The lowest BCUT2D eigenvalue weighted by Crippen LogP contribution is -2.04. The summed E-state index contributed by atoms with van der Waals surface area (Å²) in [5, 5.41) is 14.2. The Morgan fingerprint density at radius 1 is 1.44 bits per heavy atom. The number of nitrogen functional groups attached to an aromatic ring is 1. The normalized spacial score (nSPS) is 10.3. The number of hydrogen-bond donors (Lipinski definition) is 1. The molecule has 0 bridgehead atoms. The van der Waals surface area contributed by atoms with Gasteiger partial charge in [-0.15, -0.1) is 0 Å². The molecule has 0 atom stereocenters. The van der Waals surface area contributed by atoms with E-state index in [0.29, 0.717) is 0 Å². The zero-order valence-electron chi connectivity index (χ0n) is 8.00. The Bertz CT molecular complexity index is 552. The van der Waals surface area contributed by atoms with Crippen LogP contribution in [0, 0.1) is 15.9 Å². The average molecular weight is 222 g/mol. The smallest absolute Gasteiger partial charge is 0.331 e. The van der Waals surface area contributed by atoms with Crippen molar-refractivity contribution in [2.24, 2.45) is 0 Å². The highest BCUT2D eigenvalue weighted by molar-refractivity contribution is 5.56. The second-order valence-corrected chi connectivity index (χ2v) is 3.04. The van der Waals surface area contributed by atoms with Gasteiger partial charge in [-0.05, 0) is 12.1 Å². The highest BCUT2D eigenvalue weighted by Crippen LogP contribution is 2.24. The molecule has 0 radical (unpaired) electrons. The van der Waals surface area contributed by atoms with Crippen molar-refractivity contribution in [1.29, 1.82) is 0 Å². The van der Waals surface area contributed by atoms with E-state index in [1.54, 1.807) is 6.07 Å². The Balaban J connectivity index is 2.58. The summed E-state index contributed by atoms with van der Waals surface area (Å²) in [5.41, 5.74) is 5.23. The van der Waals surface area contributed by atoms with Crippen LogP contribution in [0.3, 0.4) is 0 Å². The van der Waals surface area contributed by atoms with E-state index in [-0.39, 0.29) is 17.2 Å². The van der Waals surface area contributed by atoms with Crippen LogP contribution in [-0.2, 0) is 0 Å². The van der Waals surface area contributed by atoms with Crippen molar-refractivity contribution in [1.82, 2.24) is 9.78 Å². The summed E-state index contributed by atoms with van der Waals surface area (Å²) in [6.07, 6.45) is 0.988. The molecule has 6 nitrogen and oxygen atoms in total. The molecule has 2 N–H and O–H groups in total. The summed E-state index contributed by atoms with van der Waals surface area (Å²) in [6.45, 7) is 0. The molecule has 0 aliphatic rings. The molecule has 0 saturated heterocycles. The Labute approximate surface area is 89.3 Å². The molecule has 2 rings (SSSR count). The first kappa shape index (κ1) is 10.1. The maximum Gasteiger partial charge on any atom is 0.331 e. The van der Waals surface area contributed by atoms with Gasteiger partial charge in [0.15, 0.2) is 0 Å². The van der Waals surface area contributed by atoms with Gasteiger partial charge in [0.05, 0.1) is 4.92 Å². The molecule has 2 aromatic rings. The molecule has 0 fully saturated rings. The number of benzene rings is 1. The first-order chi connectivity index (χ1) is 7.61. The van der Waals surface area contributed by atoms with Crippen LogP contribution in [0.1, 0.15) is 0 Å². The summed E-state index contributed by atoms with van der Waals surface area (Å²) in [5.74, 6) is -0.748. The molecule has 1 heterocycles. The van der Waals surface area contributed by atoms with E-state index in [2.05, 4.69) is 5.10 Å². The highest BCUT2D eigenvalue weighted by Gasteiger charge is 2.19. The van der Waals surface area contributed by atoms with Crippen LogP contribution in [0.2, 0.25) is 0 Å². The second kappa shape index (κ2) is 3.61. The fourth-order valence-corrected chi connectivity index (χ4v) is 1.31. The summed E-state index contributed by atoms with van der Waals surface area (Å²) in [6, 6.07) is 5.75. The SMILES string of the molecule is Nc1c([N+](=O)[O-])cnn1-c1ccccc1F. The van der Waals surface area contributed by atoms with Gasteiger partial charge in [0.1, 0.15) is 17.7 Å². The lowest BCUT2D eigenvalue weighted by molar-refractivity contribution is -0.383. The van der Waals surface area contributed by atoms with Crippen molar-refractivity contribution >= 4 is 11.5 Å². The zero-order chi connectivity index (χ0) is 11.7. The van der Waals surface area contributed by atoms with E-state index in [1.165, 1.54) is 18.2 Å². The number of hydrogen-bond acceptors (Lipinski definition) is 4. The highest BCUT2D eigenvalue weighted by atomic mass is 19.1. The molecule has 0 amide bonds. The number of nitrogens with zero attached hydrogens (tertiary/aromatic N) is 3. The van der Waals surface area contributed by atoms with Gasteiger partial charge in [0, 0.05) is 0 Å². The van der Waals surface area contributed by atoms with Crippen LogP contribution in [0.15, 0.2) is 30.5 Å². The minimum Gasteiger partial charge on any atom is -0.378 e. The molecular weight excluding hydrogens is 215 g/mol. The summed E-state index contributed by atoms with van der Waals surface area (Å²) in [7, 11) is 0. The van der Waals surface area contributed by atoms with Crippen molar-refractivity contribution in [2.45, 2.75) is 0 Å². The van der Waals surface area contributed by atoms with E-state index in [1.807, 2.05) is 0 Å². The summed E-state index contributed by atoms with van der Waals surface area (Å²) < 4.78 is 14.4. The van der Waals surface area contributed by atoms with E-state index in [0.717, 1.165) is 10.9 Å². The van der Waals surface area contributed by atoms with Gasteiger partial charge in [0.25, 0.3) is 0 Å². The van der Waals surface area contributed by atoms with E-state index in [9.17, 15) is 14.5 Å². The first-order valence-corrected chi connectivity index (χ1v) is 4.34. The molecule has 82 valence electrons. The minimum absolute atomic E-state index is 0.0769. The number of nitro groups is 1. The lowest BCUT2D eigenvalue weighted by atomic mass is 10.3. The van der Waals surface area contributed by atoms with Gasteiger partial charge in [-0.2, -0.15) is 5.10 Å². The van der Waals surface area contributed by atoms with Gasteiger partial charge >= 0.3 is 5.69 Å². The number of halogens is 1. The maximum atomic E-state index is 13.4. The van der Waals surface area contributed by atoms with E-state index in [4.69, 9.17) is 5.73 Å². The molecule has 0 aliphatic heterocycles. The van der Waals surface area contributed by atoms with E-state index >= 15 is 0 Å². The third-order valence-electron chi connectivity index (χ3n) is 2.06. The van der Waals surface area contributed by atoms with Gasteiger partial charge in [-0.3, -0.25) is 10.1 Å². The van der Waals surface area contributed by atoms with Crippen molar-refractivity contribution in [3.05, 3.63) is 46.4 Å². The molecule has 7 heteroatoms. The van der Waals surface area contributed by atoms with Crippen LogP contribution >= 0.6 is 0 Å².